The third kappa shape index (κ3) is 1.92. The van der Waals surface area contributed by atoms with Gasteiger partial charge in [-0.2, -0.15) is 0 Å². The van der Waals surface area contributed by atoms with Crippen LogP contribution in [0.2, 0.25) is 0 Å². The third-order valence-electron chi connectivity index (χ3n) is 8.71. The largest absolute Gasteiger partial charge is 0.393 e. The predicted molar refractivity (Wildman–Crippen MR) is 85.5 cm³/mol. The maximum absolute atomic E-state index is 15.9. The van der Waals surface area contributed by atoms with E-state index in [1.807, 2.05) is 6.92 Å². The fourth-order valence-electron chi connectivity index (χ4n) is 7.19. The van der Waals surface area contributed by atoms with E-state index >= 15 is 4.39 Å². The fourth-order valence-corrected chi connectivity index (χ4v) is 7.19. The van der Waals surface area contributed by atoms with Gasteiger partial charge in [0.05, 0.1) is 18.3 Å². The summed E-state index contributed by atoms with van der Waals surface area (Å²) >= 11 is 0. The number of rotatable bonds is 0. The molecule has 4 heteroatoms. The first-order valence-electron chi connectivity index (χ1n) is 9.45. The Labute approximate surface area is 138 Å². The molecule has 0 radical (unpaired) electrons. The van der Waals surface area contributed by atoms with E-state index in [1.165, 1.54) is 0 Å². The summed E-state index contributed by atoms with van der Waals surface area (Å²) in [7, 11) is 0. The first-order chi connectivity index (χ1) is 10.7. The van der Waals surface area contributed by atoms with Crippen LogP contribution in [0.1, 0.15) is 65.2 Å². The molecular formula is C19H31FO3. The molecule has 0 aromatic heterocycles. The molecular weight excluding hydrogens is 295 g/mol. The molecule has 6 unspecified atom stereocenters. The van der Waals surface area contributed by atoms with Gasteiger partial charge in [0, 0.05) is 11.8 Å². The molecule has 0 saturated heterocycles. The van der Waals surface area contributed by atoms with Crippen LogP contribution in [0.3, 0.4) is 0 Å². The van der Waals surface area contributed by atoms with Crippen LogP contribution in [0.5, 0.6) is 0 Å². The average molecular weight is 326 g/mol. The molecule has 0 aromatic carbocycles. The highest BCUT2D eigenvalue weighted by Gasteiger charge is 2.68. The molecule has 4 rings (SSSR count). The predicted octanol–water partition coefficient (Wildman–Crippen LogP) is 2.81. The van der Waals surface area contributed by atoms with Crippen LogP contribution in [0.15, 0.2) is 0 Å². The maximum atomic E-state index is 15.9. The van der Waals surface area contributed by atoms with Gasteiger partial charge in [0.2, 0.25) is 0 Å². The molecule has 4 fully saturated rings. The Hall–Kier alpha value is -0.190. The number of alkyl halides is 1. The highest BCUT2D eigenvalue weighted by Crippen LogP contribution is 2.68. The van der Waals surface area contributed by atoms with Crippen LogP contribution >= 0.6 is 0 Å². The van der Waals surface area contributed by atoms with E-state index in [2.05, 4.69) is 6.92 Å². The van der Waals surface area contributed by atoms with Gasteiger partial charge in [-0.3, -0.25) is 0 Å². The Morgan fingerprint density at radius 1 is 0.870 bits per heavy atom. The molecule has 3 N–H and O–H groups in total. The van der Waals surface area contributed by atoms with Crippen molar-refractivity contribution < 1.29 is 19.7 Å². The van der Waals surface area contributed by atoms with Crippen molar-refractivity contribution in [2.24, 2.45) is 28.6 Å². The smallest absolute Gasteiger partial charge is 0.144 e. The summed E-state index contributed by atoms with van der Waals surface area (Å²) in [5.41, 5.74) is -2.25. The number of aliphatic hydroxyl groups is 3. The second-order valence-electron chi connectivity index (χ2n) is 9.44. The molecule has 3 nitrogen and oxygen atoms in total. The third-order valence-corrected chi connectivity index (χ3v) is 8.71. The molecule has 0 bridgehead atoms. The van der Waals surface area contributed by atoms with E-state index in [-0.39, 0.29) is 23.9 Å². The fraction of sp³-hybridized carbons (Fsp3) is 1.00. The Morgan fingerprint density at radius 3 is 2.35 bits per heavy atom. The summed E-state index contributed by atoms with van der Waals surface area (Å²) in [6.45, 7) is 4.22. The van der Waals surface area contributed by atoms with Gasteiger partial charge in [-0.25, -0.2) is 4.39 Å². The summed E-state index contributed by atoms with van der Waals surface area (Å²) in [6.07, 6.45) is 3.78. The molecule has 4 saturated carbocycles. The number of hydrogen-bond acceptors (Lipinski definition) is 3. The molecule has 132 valence electrons. The van der Waals surface area contributed by atoms with Gasteiger partial charge in [-0.1, -0.05) is 13.8 Å². The number of halogens is 1. The Morgan fingerprint density at radius 2 is 1.61 bits per heavy atom. The van der Waals surface area contributed by atoms with Gasteiger partial charge in [0.15, 0.2) is 0 Å². The van der Waals surface area contributed by atoms with Gasteiger partial charge in [-0.15, -0.1) is 0 Å². The van der Waals surface area contributed by atoms with Crippen LogP contribution in [0.4, 0.5) is 4.39 Å². The molecule has 4 aliphatic carbocycles. The second-order valence-corrected chi connectivity index (χ2v) is 9.44. The standard InChI is InChI=1S/C19H31FO3/c1-17-7-6-14-12(13(17)3-4-15(17)22)9-16(23)19(20)10-11(21)5-8-18(14,19)2/h11-16,21-23H,3-10H2,1-2H3/t11?,12?,13?,14?,15?,16?,17-,18+,19-/m0/s1. The summed E-state index contributed by atoms with van der Waals surface area (Å²) < 4.78 is 15.9. The lowest BCUT2D eigenvalue weighted by Gasteiger charge is -2.64. The minimum atomic E-state index is -1.66. The molecule has 23 heavy (non-hydrogen) atoms. The minimum Gasteiger partial charge on any atom is -0.393 e. The Balaban J connectivity index is 1.71. The molecule has 0 amide bonds. The van der Waals surface area contributed by atoms with Crippen molar-refractivity contribution in [1.82, 2.24) is 0 Å². The zero-order valence-electron chi connectivity index (χ0n) is 14.3. The molecule has 9 atom stereocenters. The van der Waals surface area contributed by atoms with Crippen LogP contribution in [0, 0.1) is 28.6 Å². The van der Waals surface area contributed by atoms with Crippen molar-refractivity contribution in [3.63, 3.8) is 0 Å². The lowest BCUT2D eigenvalue weighted by atomic mass is 9.43. The number of hydrogen-bond donors (Lipinski definition) is 3. The average Bonchev–Trinajstić information content (AvgIpc) is 2.79. The molecule has 4 aliphatic rings. The van der Waals surface area contributed by atoms with Crippen molar-refractivity contribution >= 4 is 0 Å². The lowest BCUT2D eigenvalue weighted by Crippen LogP contribution is -2.66. The van der Waals surface area contributed by atoms with Crippen LogP contribution in [-0.4, -0.2) is 39.3 Å². The van der Waals surface area contributed by atoms with Crippen molar-refractivity contribution in [2.75, 3.05) is 0 Å². The number of aliphatic hydroxyl groups excluding tert-OH is 3. The monoisotopic (exact) mass is 326 g/mol. The highest BCUT2D eigenvalue weighted by molar-refractivity contribution is 5.17. The normalized spacial score (nSPS) is 62.3. The highest BCUT2D eigenvalue weighted by atomic mass is 19.1. The van der Waals surface area contributed by atoms with E-state index in [0.717, 1.165) is 25.7 Å². The second kappa shape index (κ2) is 4.92. The SMILES string of the molecule is C[C@]12CCC3C(CC(O)[C@@]4(F)CC(O)CC[C@]34C)C1CCC2O. The van der Waals surface area contributed by atoms with E-state index in [4.69, 9.17) is 0 Å². The summed E-state index contributed by atoms with van der Waals surface area (Å²) in [5.74, 6) is 0.982. The van der Waals surface area contributed by atoms with E-state index in [1.54, 1.807) is 0 Å². The number of fused-ring (bicyclic) bond motifs is 5. The van der Waals surface area contributed by atoms with E-state index < -0.39 is 23.3 Å². The van der Waals surface area contributed by atoms with E-state index in [9.17, 15) is 15.3 Å². The summed E-state index contributed by atoms with van der Waals surface area (Å²) in [5, 5.41) is 31.1. The van der Waals surface area contributed by atoms with Crippen LogP contribution in [-0.2, 0) is 0 Å². The molecule has 0 heterocycles. The molecule has 0 aliphatic heterocycles. The van der Waals surface area contributed by atoms with Crippen molar-refractivity contribution in [2.45, 2.75) is 89.2 Å². The van der Waals surface area contributed by atoms with Gasteiger partial charge >= 0.3 is 0 Å². The van der Waals surface area contributed by atoms with Gasteiger partial charge < -0.3 is 15.3 Å². The Bertz CT molecular complexity index is 499. The van der Waals surface area contributed by atoms with Gasteiger partial charge in [-0.05, 0) is 68.1 Å². The lowest BCUT2D eigenvalue weighted by molar-refractivity contribution is -0.233. The zero-order valence-corrected chi connectivity index (χ0v) is 14.3. The van der Waals surface area contributed by atoms with Crippen molar-refractivity contribution in [1.29, 1.82) is 0 Å². The van der Waals surface area contributed by atoms with Crippen molar-refractivity contribution in [3.8, 4) is 0 Å². The minimum absolute atomic E-state index is 0.0538. The first-order valence-corrected chi connectivity index (χ1v) is 9.45. The van der Waals surface area contributed by atoms with Crippen molar-refractivity contribution in [3.05, 3.63) is 0 Å². The first kappa shape index (κ1) is 16.3. The van der Waals surface area contributed by atoms with Gasteiger partial charge in [0.25, 0.3) is 0 Å². The Kier molecular flexibility index (Phi) is 3.48. The topological polar surface area (TPSA) is 60.7 Å². The summed E-state index contributed by atoms with van der Waals surface area (Å²) in [6, 6.07) is 0. The van der Waals surface area contributed by atoms with Crippen LogP contribution < -0.4 is 0 Å². The van der Waals surface area contributed by atoms with Gasteiger partial charge in [0.1, 0.15) is 5.67 Å². The zero-order chi connectivity index (χ0) is 16.6. The summed E-state index contributed by atoms with van der Waals surface area (Å²) in [4.78, 5) is 0. The maximum Gasteiger partial charge on any atom is 0.144 e. The molecule has 0 spiro atoms. The van der Waals surface area contributed by atoms with E-state index in [0.29, 0.717) is 31.1 Å². The van der Waals surface area contributed by atoms with Crippen LogP contribution in [0.25, 0.3) is 0 Å². The molecule has 0 aromatic rings. The quantitative estimate of drug-likeness (QED) is 0.641.